The van der Waals surface area contributed by atoms with Crippen molar-refractivity contribution in [2.75, 3.05) is 36.4 Å². The minimum absolute atomic E-state index is 0.148. The van der Waals surface area contributed by atoms with Gasteiger partial charge in [0.2, 0.25) is 17.8 Å². The first-order valence-electron chi connectivity index (χ1n) is 12.2. The normalized spacial score (nSPS) is 17.6. The summed E-state index contributed by atoms with van der Waals surface area (Å²) in [4.78, 5) is 28.4. The smallest absolute Gasteiger partial charge is 0.249 e. The lowest BCUT2D eigenvalue weighted by atomic mass is 9.80. The maximum absolute atomic E-state index is 13.8. The van der Waals surface area contributed by atoms with Crippen LogP contribution in [0.15, 0.2) is 60.9 Å². The molecule has 0 bridgehead atoms. The van der Waals surface area contributed by atoms with E-state index in [1.54, 1.807) is 29.4 Å². The Morgan fingerprint density at radius 2 is 1.78 bits per heavy atom. The van der Waals surface area contributed by atoms with Gasteiger partial charge in [-0.25, -0.2) is 23.1 Å². The first-order valence-corrected chi connectivity index (χ1v) is 12.2. The van der Waals surface area contributed by atoms with Crippen molar-refractivity contribution in [2.24, 2.45) is 5.92 Å². The van der Waals surface area contributed by atoms with E-state index < -0.39 is 11.8 Å². The van der Waals surface area contributed by atoms with Crippen LogP contribution in [0.4, 0.5) is 30.5 Å². The zero-order chi connectivity index (χ0) is 25.6. The summed E-state index contributed by atoms with van der Waals surface area (Å²) in [6, 6.07) is 14.2. The molecule has 10 heteroatoms. The van der Waals surface area contributed by atoms with Gasteiger partial charge in [0, 0.05) is 85.2 Å². The second-order valence-corrected chi connectivity index (χ2v) is 9.60. The molecule has 2 aromatic carbocycles. The number of anilines is 3. The number of rotatable bonds is 5. The molecule has 1 amide bonds. The van der Waals surface area contributed by atoms with Gasteiger partial charge >= 0.3 is 0 Å². The van der Waals surface area contributed by atoms with Gasteiger partial charge in [-0.3, -0.25) is 4.79 Å². The van der Waals surface area contributed by atoms with Crippen LogP contribution in [0.25, 0.3) is 22.2 Å². The minimum Gasteiger partial charge on any atom is -0.368 e. The molecule has 2 fully saturated rings. The second-order valence-electron chi connectivity index (χ2n) is 9.60. The third-order valence-electron chi connectivity index (χ3n) is 7.09. The summed E-state index contributed by atoms with van der Waals surface area (Å²) in [7, 11) is 0. The van der Waals surface area contributed by atoms with Gasteiger partial charge in [0.05, 0.1) is 5.69 Å². The third kappa shape index (κ3) is 4.71. The fourth-order valence-electron chi connectivity index (χ4n) is 5.04. The summed E-state index contributed by atoms with van der Waals surface area (Å²) in [6.07, 6.45) is 2.81. The SMILES string of the molecule is O=C(C1CC(F)(F)C1)N1CCN(c2ccc(Nc3nccc(-c4c[nH]c5ccc(F)cc45)n3)cc2)CC1. The minimum atomic E-state index is -2.68. The molecule has 3 heterocycles. The molecule has 2 aromatic heterocycles. The van der Waals surface area contributed by atoms with Gasteiger partial charge in [0.1, 0.15) is 5.82 Å². The number of aromatic nitrogens is 3. The van der Waals surface area contributed by atoms with Gasteiger partial charge in [0.25, 0.3) is 0 Å². The average Bonchev–Trinajstić information content (AvgIpc) is 3.31. The average molecular weight is 507 g/mol. The molecule has 2 N–H and O–H groups in total. The quantitative estimate of drug-likeness (QED) is 0.389. The predicted molar refractivity (Wildman–Crippen MR) is 135 cm³/mol. The Balaban J connectivity index is 1.09. The number of nitrogens with zero attached hydrogens (tertiary/aromatic N) is 4. The van der Waals surface area contributed by atoms with E-state index in [9.17, 15) is 18.0 Å². The molecule has 7 nitrogen and oxygen atoms in total. The third-order valence-corrected chi connectivity index (χ3v) is 7.09. The summed E-state index contributed by atoms with van der Waals surface area (Å²) >= 11 is 0. The predicted octanol–water partition coefficient (Wildman–Crippen LogP) is 5.20. The van der Waals surface area contributed by atoms with Gasteiger partial charge in [0.15, 0.2) is 0 Å². The summed E-state index contributed by atoms with van der Waals surface area (Å²) in [6.45, 7) is 2.36. The number of aromatic amines is 1. The standard InChI is InChI=1S/C27H25F3N6O/c28-18-1-6-23-21(13-18)22(16-32-23)24-7-8-31-26(34-24)33-19-2-4-20(5-3-19)35-9-11-36(12-10-35)25(37)17-14-27(29,30)15-17/h1-8,13,16-17,32H,9-12,14-15H2,(H,31,33,34). The van der Waals surface area contributed by atoms with Crippen molar-refractivity contribution in [3.05, 3.63) is 66.7 Å². The number of fused-ring (bicyclic) bond motifs is 1. The van der Waals surface area contributed by atoms with Crippen molar-refractivity contribution in [3.8, 4) is 11.3 Å². The molecular weight excluding hydrogens is 481 g/mol. The number of benzene rings is 2. The Bertz CT molecular complexity index is 1440. The molecule has 0 atom stereocenters. The van der Waals surface area contributed by atoms with Crippen LogP contribution in [-0.4, -0.2) is 57.9 Å². The number of carbonyl (C=O) groups excluding carboxylic acids is 1. The highest BCUT2D eigenvalue weighted by Crippen LogP contribution is 2.43. The number of alkyl halides is 2. The van der Waals surface area contributed by atoms with E-state index in [2.05, 4.69) is 25.2 Å². The molecule has 4 aromatic rings. The first-order chi connectivity index (χ1) is 17.8. The number of carbonyl (C=O) groups is 1. The van der Waals surface area contributed by atoms with Crippen LogP contribution < -0.4 is 10.2 Å². The molecular formula is C27H25F3N6O. The lowest BCUT2D eigenvalue weighted by molar-refractivity contribution is -0.160. The van der Waals surface area contributed by atoms with Crippen molar-refractivity contribution in [2.45, 2.75) is 18.8 Å². The van der Waals surface area contributed by atoms with Crippen LogP contribution in [0.3, 0.4) is 0 Å². The monoisotopic (exact) mass is 506 g/mol. The summed E-state index contributed by atoms with van der Waals surface area (Å²) < 4.78 is 40.0. The Morgan fingerprint density at radius 3 is 2.51 bits per heavy atom. The maximum Gasteiger partial charge on any atom is 0.249 e. The lowest BCUT2D eigenvalue weighted by Crippen LogP contribution is -2.53. The van der Waals surface area contributed by atoms with E-state index in [4.69, 9.17) is 0 Å². The number of nitrogens with one attached hydrogen (secondary N) is 2. The van der Waals surface area contributed by atoms with Crippen molar-refractivity contribution in [1.29, 1.82) is 0 Å². The van der Waals surface area contributed by atoms with Crippen LogP contribution in [0.2, 0.25) is 0 Å². The number of amides is 1. The fraction of sp³-hybridized carbons (Fsp3) is 0.296. The van der Waals surface area contributed by atoms with Gasteiger partial charge in [-0.2, -0.15) is 0 Å². The lowest BCUT2D eigenvalue weighted by Gasteiger charge is -2.41. The van der Waals surface area contributed by atoms with Crippen molar-refractivity contribution in [3.63, 3.8) is 0 Å². The molecule has 1 aliphatic heterocycles. The Hall–Kier alpha value is -4.08. The van der Waals surface area contributed by atoms with Crippen molar-refractivity contribution < 1.29 is 18.0 Å². The van der Waals surface area contributed by atoms with Crippen LogP contribution in [0, 0.1) is 11.7 Å². The highest BCUT2D eigenvalue weighted by atomic mass is 19.3. The molecule has 1 aliphatic carbocycles. The largest absolute Gasteiger partial charge is 0.368 e. The Labute approximate surface area is 211 Å². The molecule has 6 rings (SSSR count). The topological polar surface area (TPSA) is 77.2 Å². The molecule has 190 valence electrons. The first kappa shape index (κ1) is 23.3. The van der Waals surface area contributed by atoms with Crippen LogP contribution in [0.5, 0.6) is 0 Å². The summed E-state index contributed by atoms with van der Waals surface area (Å²) in [5.41, 5.74) is 4.12. The molecule has 0 spiro atoms. The number of halogens is 3. The van der Waals surface area contributed by atoms with Crippen molar-refractivity contribution >= 4 is 34.1 Å². The van der Waals surface area contributed by atoms with E-state index in [-0.39, 0.29) is 24.6 Å². The molecule has 0 unspecified atom stereocenters. The highest BCUT2D eigenvalue weighted by molar-refractivity contribution is 5.94. The van der Waals surface area contributed by atoms with Gasteiger partial charge in [-0.15, -0.1) is 0 Å². The van der Waals surface area contributed by atoms with Gasteiger partial charge in [-0.1, -0.05) is 0 Å². The van der Waals surface area contributed by atoms with E-state index in [0.29, 0.717) is 37.8 Å². The van der Waals surface area contributed by atoms with Crippen LogP contribution >= 0.6 is 0 Å². The maximum atomic E-state index is 13.8. The molecule has 37 heavy (non-hydrogen) atoms. The number of H-pyrrole nitrogens is 1. The van der Waals surface area contributed by atoms with Gasteiger partial charge < -0.3 is 20.1 Å². The molecule has 2 aliphatic rings. The van der Waals surface area contributed by atoms with E-state index in [0.717, 1.165) is 27.8 Å². The number of piperazine rings is 1. The zero-order valence-corrected chi connectivity index (χ0v) is 19.9. The Morgan fingerprint density at radius 1 is 1.03 bits per heavy atom. The summed E-state index contributed by atoms with van der Waals surface area (Å²) in [5, 5.41) is 3.96. The van der Waals surface area contributed by atoms with Crippen LogP contribution in [-0.2, 0) is 4.79 Å². The molecule has 0 radical (unpaired) electrons. The number of hydrogen-bond acceptors (Lipinski definition) is 5. The van der Waals surface area contributed by atoms with E-state index in [1.807, 2.05) is 24.3 Å². The Kier molecular flexibility index (Phi) is 5.73. The van der Waals surface area contributed by atoms with Gasteiger partial charge in [-0.05, 0) is 48.5 Å². The van der Waals surface area contributed by atoms with E-state index in [1.165, 1.54) is 12.1 Å². The zero-order valence-electron chi connectivity index (χ0n) is 19.9. The highest BCUT2D eigenvalue weighted by Gasteiger charge is 2.49. The molecule has 1 saturated carbocycles. The van der Waals surface area contributed by atoms with Crippen molar-refractivity contribution in [1.82, 2.24) is 19.9 Å². The fourth-order valence-corrected chi connectivity index (χ4v) is 5.04. The van der Waals surface area contributed by atoms with Crippen LogP contribution in [0.1, 0.15) is 12.8 Å². The second kappa shape index (κ2) is 9.10. The summed E-state index contributed by atoms with van der Waals surface area (Å²) in [5.74, 6) is -3.25. The van der Waals surface area contributed by atoms with E-state index >= 15 is 0 Å². The molecule has 1 saturated heterocycles. The number of hydrogen-bond donors (Lipinski definition) is 2.